The Bertz CT molecular complexity index is 621. The van der Waals surface area contributed by atoms with Crippen LogP contribution in [-0.4, -0.2) is 63.8 Å². The van der Waals surface area contributed by atoms with Gasteiger partial charge in [0.1, 0.15) is 0 Å². The number of ether oxygens (including phenoxy) is 1. The molecular formula is C15H26N6O3S. The summed E-state index contributed by atoms with van der Waals surface area (Å²) in [5, 5.41) is 13.6. The Hall–Kier alpha value is -1.81. The van der Waals surface area contributed by atoms with Crippen molar-refractivity contribution in [1.82, 2.24) is 25.4 Å². The summed E-state index contributed by atoms with van der Waals surface area (Å²) < 4.78 is 7.20. The van der Waals surface area contributed by atoms with Crippen LogP contribution in [0.25, 0.3) is 0 Å². The van der Waals surface area contributed by atoms with Gasteiger partial charge in [0.05, 0.1) is 18.5 Å². The third-order valence-corrected chi connectivity index (χ3v) is 4.62. The minimum absolute atomic E-state index is 0.373. The zero-order valence-corrected chi connectivity index (χ0v) is 16.1. The zero-order valence-electron chi connectivity index (χ0n) is 15.3. The average molecular weight is 370 g/mol. The topological polar surface area (TPSA) is 101 Å². The summed E-state index contributed by atoms with van der Waals surface area (Å²) in [6.45, 7) is 10.1. The second-order valence-electron chi connectivity index (χ2n) is 6.89. The average Bonchev–Trinajstić information content (AvgIpc) is 2.87. The molecule has 1 aromatic rings. The quantitative estimate of drug-likeness (QED) is 0.754. The summed E-state index contributed by atoms with van der Waals surface area (Å²) in [4.78, 5) is 26.1. The molecule has 3 amide bonds. The lowest BCUT2D eigenvalue weighted by atomic mass is 10.1. The van der Waals surface area contributed by atoms with Gasteiger partial charge in [-0.1, -0.05) is 11.8 Å². The van der Waals surface area contributed by atoms with Crippen molar-refractivity contribution in [1.29, 1.82) is 0 Å². The predicted octanol–water partition coefficient (Wildman–Crippen LogP) is 0.757. The van der Waals surface area contributed by atoms with Crippen LogP contribution in [0.2, 0.25) is 0 Å². The number of carbonyl (C=O) groups excluding carboxylic acids is 2. The summed E-state index contributed by atoms with van der Waals surface area (Å²) >= 11 is 1.26. The molecule has 10 heteroatoms. The smallest absolute Gasteiger partial charge is 0.321 e. The fraction of sp³-hybridized carbons (Fsp3) is 0.733. The first-order valence-electron chi connectivity index (χ1n) is 8.19. The number of hydrogen-bond acceptors (Lipinski definition) is 7. The van der Waals surface area contributed by atoms with E-state index < -0.39 is 16.8 Å². The van der Waals surface area contributed by atoms with Crippen LogP contribution in [0.15, 0.2) is 5.16 Å². The number of nitrogens with zero attached hydrogens (tertiary/aromatic N) is 4. The first-order chi connectivity index (χ1) is 11.7. The number of urea groups is 1. The van der Waals surface area contributed by atoms with Gasteiger partial charge in [0.2, 0.25) is 11.9 Å². The molecular weight excluding hydrogens is 344 g/mol. The van der Waals surface area contributed by atoms with E-state index in [1.807, 2.05) is 32.4 Å². The zero-order chi connectivity index (χ0) is 18.6. The van der Waals surface area contributed by atoms with E-state index in [0.29, 0.717) is 18.4 Å². The van der Waals surface area contributed by atoms with E-state index in [2.05, 4.69) is 25.7 Å². The summed E-state index contributed by atoms with van der Waals surface area (Å²) in [5.74, 6) is 0.381. The molecule has 0 radical (unpaired) electrons. The molecule has 0 aromatic carbocycles. The summed E-state index contributed by atoms with van der Waals surface area (Å²) in [5.41, 5.74) is -0.405. The maximum atomic E-state index is 12.2. The van der Waals surface area contributed by atoms with E-state index in [4.69, 9.17) is 4.74 Å². The van der Waals surface area contributed by atoms with Gasteiger partial charge in [-0.15, -0.1) is 10.2 Å². The van der Waals surface area contributed by atoms with Gasteiger partial charge in [-0.05, 0) is 27.7 Å². The Labute approximate surface area is 151 Å². The third kappa shape index (κ3) is 5.60. The van der Waals surface area contributed by atoms with Crippen molar-refractivity contribution in [3.63, 3.8) is 0 Å². The molecule has 1 unspecified atom stereocenters. The standard InChI is InChI=1S/C15H26N6O3S/c1-10(11(22)16-12(23)17-15(2,3)4)25-14-19-18-13(20(14)5)21-6-8-24-9-7-21/h10H,6-9H2,1-5H3,(H2,16,17,22,23). The number of aromatic nitrogens is 3. The van der Waals surface area contributed by atoms with Crippen LogP contribution < -0.4 is 15.5 Å². The SMILES string of the molecule is CC(Sc1nnc(N2CCOCC2)n1C)C(=O)NC(=O)NC(C)(C)C. The van der Waals surface area contributed by atoms with E-state index in [9.17, 15) is 9.59 Å². The van der Waals surface area contributed by atoms with Gasteiger partial charge in [-0.3, -0.25) is 14.7 Å². The van der Waals surface area contributed by atoms with E-state index in [-0.39, 0.29) is 5.91 Å². The Kier molecular flexibility index (Phi) is 6.28. The van der Waals surface area contributed by atoms with E-state index in [1.165, 1.54) is 11.8 Å². The van der Waals surface area contributed by atoms with Gasteiger partial charge in [-0.25, -0.2) is 4.79 Å². The molecule has 1 saturated heterocycles. The Morgan fingerprint density at radius 2 is 1.88 bits per heavy atom. The van der Waals surface area contributed by atoms with Crippen LogP contribution >= 0.6 is 11.8 Å². The van der Waals surface area contributed by atoms with Gasteiger partial charge < -0.3 is 15.0 Å². The highest BCUT2D eigenvalue weighted by Gasteiger charge is 2.24. The lowest BCUT2D eigenvalue weighted by molar-refractivity contribution is -0.119. The van der Waals surface area contributed by atoms with Gasteiger partial charge in [0.25, 0.3) is 0 Å². The van der Waals surface area contributed by atoms with Gasteiger partial charge in [0.15, 0.2) is 5.16 Å². The number of thioether (sulfide) groups is 1. The van der Waals surface area contributed by atoms with Crippen molar-refractivity contribution >= 4 is 29.6 Å². The molecule has 1 aromatic heterocycles. The van der Waals surface area contributed by atoms with Crippen molar-refractivity contribution < 1.29 is 14.3 Å². The number of amides is 3. The Morgan fingerprint density at radius 1 is 1.24 bits per heavy atom. The highest BCUT2D eigenvalue weighted by atomic mass is 32.2. The number of hydrogen-bond donors (Lipinski definition) is 2. The van der Waals surface area contributed by atoms with Gasteiger partial charge in [-0.2, -0.15) is 0 Å². The van der Waals surface area contributed by atoms with Crippen LogP contribution in [0.4, 0.5) is 10.7 Å². The maximum Gasteiger partial charge on any atom is 0.321 e. The summed E-state index contributed by atoms with van der Waals surface area (Å²) in [6, 6.07) is -0.503. The number of imide groups is 1. The number of anilines is 1. The molecule has 2 rings (SSSR count). The first kappa shape index (κ1) is 19.5. The van der Waals surface area contributed by atoms with Crippen LogP contribution in [0.1, 0.15) is 27.7 Å². The van der Waals surface area contributed by atoms with Crippen molar-refractivity contribution in [2.24, 2.45) is 7.05 Å². The number of carbonyl (C=O) groups is 2. The van der Waals surface area contributed by atoms with E-state index in [0.717, 1.165) is 19.0 Å². The second kappa shape index (κ2) is 8.05. The molecule has 140 valence electrons. The lowest BCUT2D eigenvalue weighted by Gasteiger charge is -2.27. The first-order valence-corrected chi connectivity index (χ1v) is 9.07. The fourth-order valence-electron chi connectivity index (χ4n) is 2.25. The molecule has 2 heterocycles. The molecule has 9 nitrogen and oxygen atoms in total. The summed E-state index contributed by atoms with van der Waals surface area (Å²) in [6.07, 6.45) is 0. The largest absolute Gasteiger partial charge is 0.378 e. The molecule has 1 aliphatic heterocycles. The highest BCUT2D eigenvalue weighted by molar-refractivity contribution is 8.00. The normalized spacial score (nSPS) is 16.4. The molecule has 0 aliphatic carbocycles. The van der Waals surface area contributed by atoms with Crippen LogP contribution in [0.5, 0.6) is 0 Å². The molecule has 1 atom stereocenters. The fourth-order valence-corrected chi connectivity index (χ4v) is 3.06. The number of rotatable bonds is 4. The van der Waals surface area contributed by atoms with Gasteiger partial charge in [0, 0.05) is 25.7 Å². The molecule has 0 saturated carbocycles. The van der Waals surface area contributed by atoms with Crippen molar-refractivity contribution in [2.75, 3.05) is 31.2 Å². The second-order valence-corrected chi connectivity index (χ2v) is 8.20. The van der Waals surface area contributed by atoms with Crippen molar-refractivity contribution in [2.45, 2.75) is 43.6 Å². The lowest BCUT2D eigenvalue weighted by Crippen LogP contribution is -2.49. The third-order valence-electron chi connectivity index (χ3n) is 3.48. The molecule has 25 heavy (non-hydrogen) atoms. The number of nitrogens with one attached hydrogen (secondary N) is 2. The van der Waals surface area contributed by atoms with E-state index >= 15 is 0 Å². The summed E-state index contributed by atoms with van der Waals surface area (Å²) in [7, 11) is 1.87. The molecule has 1 aliphatic rings. The van der Waals surface area contributed by atoms with Crippen LogP contribution in [0.3, 0.4) is 0 Å². The maximum absolute atomic E-state index is 12.2. The molecule has 0 bridgehead atoms. The molecule has 0 spiro atoms. The van der Waals surface area contributed by atoms with E-state index in [1.54, 1.807) is 6.92 Å². The van der Waals surface area contributed by atoms with Crippen molar-refractivity contribution in [3.8, 4) is 0 Å². The predicted molar refractivity (Wildman–Crippen MR) is 95.8 cm³/mol. The Morgan fingerprint density at radius 3 is 2.48 bits per heavy atom. The van der Waals surface area contributed by atoms with Crippen LogP contribution in [0, 0.1) is 0 Å². The monoisotopic (exact) mass is 370 g/mol. The Balaban J connectivity index is 1.93. The molecule has 1 fully saturated rings. The highest BCUT2D eigenvalue weighted by Crippen LogP contribution is 2.24. The minimum Gasteiger partial charge on any atom is -0.378 e. The van der Waals surface area contributed by atoms with Crippen molar-refractivity contribution in [3.05, 3.63) is 0 Å². The number of morpholine rings is 1. The minimum atomic E-state index is -0.503. The van der Waals surface area contributed by atoms with Gasteiger partial charge >= 0.3 is 6.03 Å². The molecule has 2 N–H and O–H groups in total. The van der Waals surface area contributed by atoms with Crippen LogP contribution in [-0.2, 0) is 16.6 Å².